The molecule has 180 valence electrons. The van der Waals surface area contributed by atoms with Crippen molar-refractivity contribution >= 4 is 22.5 Å². The third-order valence-corrected chi connectivity index (χ3v) is 9.14. The van der Waals surface area contributed by atoms with Crippen LogP contribution in [0.1, 0.15) is 50.7 Å². The van der Waals surface area contributed by atoms with E-state index in [1.807, 2.05) is 18.2 Å². The van der Waals surface area contributed by atoms with E-state index < -0.39 is 0 Å². The molecule has 0 unspecified atom stereocenters. The average Bonchev–Trinajstić information content (AvgIpc) is 2.96. The molecule has 0 amide bonds. The number of fused-ring (bicyclic) bond motifs is 5. The second kappa shape index (κ2) is 9.99. The summed E-state index contributed by atoms with van der Waals surface area (Å²) >= 11 is 1.71. The highest BCUT2D eigenvalue weighted by Crippen LogP contribution is 2.48. The van der Waals surface area contributed by atoms with Crippen LogP contribution in [0.25, 0.3) is 21.9 Å². The zero-order chi connectivity index (χ0) is 24.4. The largest absolute Gasteiger partial charge is 0.507 e. The maximum Gasteiger partial charge on any atom is 0.133 e. The number of aryl methyl sites for hydroxylation is 2. The third kappa shape index (κ3) is 4.54. The Kier molecular flexibility index (Phi) is 6.80. The van der Waals surface area contributed by atoms with Gasteiger partial charge in [-0.1, -0.05) is 80.9 Å². The summed E-state index contributed by atoms with van der Waals surface area (Å²) in [5.41, 5.74) is 5.57. The van der Waals surface area contributed by atoms with Crippen LogP contribution in [0.15, 0.2) is 82.6 Å². The van der Waals surface area contributed by atoms with Gasteiger partial charge in [0.1, 0.15) is 11.5 Å². The van der Waals surface area contributed by atoms with E-state index in [0.717, 1.165) is 40.7 Å². The number of phenols is 1. The Morgan fingerprint density at radius 2 is 1.51 bits per heavy atom. The van der Waals surface area contributed by atoms with E-state index in [1.165, 1.54) is 46.4 Å². The first-order valence-electron chi connectivity index (χ1n) is 12.7. The first-order chi connectivity index (χ1) is 17.1. The molecular weight excluding hydrogens is 448 g/mol. The van der Waals surface area contributed by atoms with E-state index in [-0.39, 0.29) is 0 Å². The van der Waals surface area contributed by atoms with Crippen molar-refractivity contribution in [3.63, 3.8) is 0 Å². The van der Waals surface area contributed by atoms with Gasteiger partial charge in [0, 0.05) is 10.3 Å². The van der Waals surface area contributed by atoms with E-state index >= 15 is 0 Å². The van der Waals surface area contributed by atoms with E-state index in [2.05, 4.69) is 68.4 Å². The van der Waals surface area contributed by atoms with Gasteiger partial charge < -0.3 is 9.84 Å². The summed E-state index contributed by atoms with van der Waals surface area (Å²) in [6, 6.07) is 25.5. The first-order valence-corrected chi connectivity index (χ1v) is 13.6. The number of hydrogen-bond acceptors (Lipinski definition) is 3. The molecule has 1 aliphatic carbocycles. The second-order valence-corrected chi connectivity index (χ2v) is 10.9. The van der Waals surface area contributed by atoms with Crippen molar-refractivity contribution in [3.05, 3.63) is 83.9 Å². The Labute approximate surface area is 213 Å². The molecule has 4 aromatic carbocycles. The highest BCUT2D eigenvalue weighted by atomic mass is 32.2. The number of benzene rings is 4. The fourth-order valence-electron chi connectivity index (χ4n) is 5.70. The number of hydrogen-bond donors (Lipinski definition) is 1. The van der Waals surface area contributed by atoms with Crippen LogP contribution in [-0.4, -0.2) is 12.2 Å². The Morgan fingerprint density at radius 3 is 2.23 bits per heavy atom. The fourth-order valence-corrected chi connectivity index (χ4v) is 6.67. The van der Waals surface area contributed by atoms with E-state index in [9.17, 15) is 5.11 Å². The summed E-state index contributed by atoms with van der Waals surface area (Å²) in [4.78, 5) is 2.23. The molecule has 0 bridgehead atoms. The van der Waals surface area contributed by atoms with E-state index in [1.54, 1.807) is 18.9 Å². The van der Waals surface area contributed by atoms with Crippen molar-refractivity contribution in [2.45, 2.75) is 62.2 Å². The highest BCUT2D eigenvalue weighted by Gasteiger charge is 2.29. The standard InChI is InChI=1S/C32H34O2S/c1-4-32(5-2)17-15-22-11-9-10-14-25(22)31-23(16-18-32)19-28(33)26-20-29(34-3)30(21-27(26)31)35-24-12-7-6-8-13-24/h6-14,19-21,33H,4-5,15-18H2,1-3H3. The Bertz CT molecular complexity index is 1340. The molecule has 4 aromatic rings. The summed E-state index contributed by atoms with van der Waals surface area (Å²) in [7, 11) is 1.70. The van der Waals surface area contributed by atoms with Crippen molar-refractivity contribution in [2.75, 3.05) is 7.11 Å². The van der Waals surface area contributed by atoms with Crippen LogP contribution in [0.4, 0.5) is 0 Å². The van der Waals surface area contributed by atoms with Crippen molar-refractivity contribution in [1.29, 1.82) is 0 Å². The molecule has 1 aliphatic rings. The predicted molar refractivity (Wildman–Crippen MR) is 148 cm³/mol. The molecule has 3 heteroatoms. The Balaban J connectivity index is 1.77. The van der Waals surface area contributed by atoms with Crippen LogP contribution in [-0.2, 0) is 12.8 Å². The lowest BCUT2D eigenvalue weighted by Crippen LogP contribution is -2.20. The number of methoxy groups -OCH3 is 1. The average molecular weight is 483 g/mol. The number of rotatable bonds is 5. The molecule has 0 fully saturated rings. The zero-order valence-corrected chi connectivity index (χ0v) is 21.8. The van der Waals surface area contributed by atoms with Gasteiger partial charge in [-0.25, -0.2) is 0 Å². The highest BCUT2D eigenvalue weighted by molar-refractivity contribution is 7.99. The maximum absolute atomic E-state index is 11.2. The minimum absolute atomic E-state index is 0.337. The quantitative estimate of drug-likeness (QED) is 0.308. The van der Waals surface area contributed by atoms with Gasteiger partial charge in [0.25, 0.3) is 0 Å². The lowest BCUT2D eigenvalue weighted by Gasteiger charge is -2.32. The lowest BCUT2D eigenvalue weighted by atomic mass is 9.74. The van der Waals surface area contributed by atoms with Crippen LogP contribution >= 0.6 is 11.8 Å². The molecule has 35 heavy (non-hydrogen) atoms. The molecule has 0 saturated carbocycles. The smallest absolute Gasteiger partial charge is 0.133 e. The summed E-state index contributed by atoms with van der Waals surface area (Å²) in [5.74, 6) is 1.12. The summed E-state index contributed by atoms with van der Waals surface area (Å²) < 4.78 is 5.78. The van der Waals surface area contributed by atoms with Gasteiger partial charge in [0.15, 0.2) is 0 Å². The SMILES string of the molecule is CCC1(CC)CCc2ccccc2-c2c(cc(O)c3cc(OC)c(Sc4ccccc4)cc23)CC1. The molecule has 0 aromatic heterocycles. The molecule has 0 atom stereocenters. The fraction of sp³-hybridized carbons (Fsp3) is 0.312. The normalized spacial score (nSPS) is 14.9. The molecule has 0 radical (unpaired) electrons. The second-order valence-electron chi connectivity index (χ2n) is 9.76. The third-order valence-electron chi connectivity index (χ3n) is 8.09. The van der Waals surface area contributed by atoms with Crippen molar-refractivity contribution < 1.29 is 9.84 Å². The van der Waals surface area contributed by atoms with Gasteiger partial charge in [-0.3, -0.25) is 0 Å². The Morgan fingerprint density at radius 1 is 0.829 bits per heavy atom. The van der Waals surface area contributed by atoms with Crippen LogP contribution < -0.4 is 4.74 Å². The van der Waals surface area contributed by atoms with Gasteiger partial charge in [-0.15, -0.1) is 0 Å². The number of aromatic hydroxyl groups is 1. The minimum Gasteiger partial charge on any atom is -0.507 e. The van der Waals surface area contributed by atoms with Gasteiger partial charge in [0.2, 0.25) is 0 Å². The minimum atomic E-state index is 0.337. The molecule has 5 rings (SSSR count). The number of phenolic OH excluding ortho intramolecular Hbond substituents is 1. The molecule has 1 N–H and O–H groups in total. The van der Waals surface area contributed by atoms with E-state index in [4.69, 9.17) is 4.74 Å². The zero-order valence-electron chi connectivity index (χ0n) is 20.9. The summed E-state index contributed by atoms with van der Waals surface area (Å²) in [5, 5.41) is 13.1. The van der Waals surface area contributed by atoms with Crippen molar-refractivity contribution in [3.8, 4) is 22.6 Å². The van der Waals surface area contributed by atoms with Gasteiger partial charge >= 0.3 is 0 Å². The topological polar surface area (TPSA) is 29.5 Å². The van der Waals surface area contributed by atoms with Gasteiger partial charge in [0.05, 0.1) is 12.0 Å². The number of ether oxygens (including phenoxy) is 1. The van der Waals surface area contributed by atoms with Crippen LogP contribution in [0.5, 0.6) is 11.5 Å². The maximum atomic E-state index is 11.2. The molecule has 2 nitrogen and oxygen atoms in total. The van der Waals surface area contributed by atoms with Crippen molar-refractivity contribution in [2.24, 2.45) is 5.41 Å². The first kappa shape index (κ1) is 23.8. The van der Waals surface area contributed by atoms with Crippen molar-refractivity contribution in [1.82, 2.24) is 0 Å². The molecule has 0 aliphatic heterocycles. The van der Waals surface area contributed by atoms with Gasteiger partial charge in [-0.05, 0) is 89.1 Å². The monoisotopic (exact) mass is 482 g/mol. The molecule has 0 spiro atoms. The van der Waals surface area contributed by atoms with Gasteiger partial charge in [-0.2, -0.15) is 0 Å². The predicted octanol–water partition coefficient (Wildman–Crippen LogP) is 9.06. The molecule has 0 heterocycles. The van der Waals surface area contributed by atoms with E-state index in [0.29, 0.717) is 11.2 Å². The summed E-state index contributed by atoms with van der Waals surface area (Å²) in [6.45, 7) is 4.68. The molecule has 0 saturated heterocycles. The lowest BCUT2D eigenvalue weighted by molar-refractivity contribution is 0.219. The summed E-state index contributed by atoms with van der Waals surface area (Å²) in [6.07, 6.45) is 6.79. The Hall–Kier alpha value is -2.91. The molecular formula is C32H34O2S. The van der Waals surface area contributed by atoms with Crippen LogP contribution in [0, 0.1) is 5.41 Å². The van der Waals surface area contributed by atoms with Crippen LogP contribution in [0.3, 0.4) is 0 Å². The van der Waals surface area contributed by atoms with Crippen LogP contribution in [0.2, 0.25) is 0 Å².